The normalized spacial score (nSPS) is 16.9. The van der Waals surface area contributed by atoms with Gasteiger partial charge in [-0.05, 0) is 106 Å². The summed E-state index contributed by atoms with van der Waals surface area (Å²) in [6.07, 6.45) is 29.7. The Balaban J connectivity index is 0.00000378. The van der Waals surface area contributed by atoms with Gasteiger partial charge in [-0.1, -0.05) is 125 Å². The molecule has 3 aliphatic rings. The van der Waals surface area contributed by atoms with Crippen LogP contribution in [0.25, 0.3) is 0 Å². The monoisotopic (exact) mass is 740 g/mol. The van der Waals surface area contributed by atoms with Crippen molar-refractivity contribution in [1.29, 1.82) is 0 Å². The molecule has 1 heterocycles. The summed E-state index contributed by atoms with van der Waals surface area (Å²) in [6, 6.07) is 9.10. The Kier molecular flexibility index (Phi) is 19.3. The van der Waals surface area contributed by atoms with Crippen molar-refractivity contribution in [2.45, 2.75) is 187 Å². The van der Waals surface area contributed by atoms with Crippen molar-refractivity contribution in [2.24, 2.45) is 0 Å². The summed E-state index contributed by atoms with van der Waals surface area (Å²) in [7, 11) is -2.00. The van der Waals surface area contributed by atoms with Crippen LogP contribution in [0.15, 0.2) is 36.4 Å². The number of aryl methyl sites for hydroxylation is 2. The van der Waals surface area contributed by atoms with E-state index >= 15 is 0 Å². The second-order valence-corrected chi connectivity index (χ2v) is 16.7. The molecule has 2 fully saturated rings. The van der Waals surface area contributed by atoms with Crippen LogP contribution in [0.4, 0.5) is 0 Å². The van der Waals surface area contributed by atoms with Crippen molar-refractivity contribution >= 4 is 20.4 Å². The first-order valence-corrected chi connectivity index (χ1v) is 21.8. The fraction of sp³-hybridized carbons (Fsp3) is 0.644. The number of unbranched alkanes of at least 4 members (excludes halogenated alkanes) is 7. The van der Waals surface area contributed by atoms with Crippen molar-refractivity contribution in [3.63, 3.8) is 0 Å². The number of carbonyl (C=O) groups excluding carboxylic acids is 2. The van der Waals surface area contributed by atoms with E-state index in [2.05, 4.69) is 57.2 Å². The van der Waals surface area contributed by atoms with Gasteiger partial charge >= 0.3 is 44.1 Å². The molecule has 0 N–H and O–H groups in total. The molecule has 7 heteroatoms. The summed E-state index contributed by atoms with van der Waals surface area (Å²) < 4.78 is 19.6. The molecule has 5 rings (SSSR count). The number of carbonyl (C=O) groups is 2. The van der Waals surface area contributed by atoms with Gasteiger partial charge in [0.15, 0.2) is 0 Å². The van der Waals surface area contributed by atoms with Crippen LogP contribution in [0.3, 0.4) is 0 Å². The average Bonchev–Trinajstić information content (AvgIpc) is 3.12. The minimum Gasteiger partial charge on any atom is -1.00 e. The maximum Gasteiger partial charge on any atom is 1.00 e. The zero-order chi connectivity index (χ0) is 35.8. The maximum atomic E-state index is 13.4. The summed E-state index contributed by atoms with van der Waals surface area (Å²) in [6.45, 7) is 6.63. The molecular weight excluding hydrogens is 674 g/mol. The molecule has 2 aromatic carbocycles. The van der Waals surface area contributed by atoms with E-state index in [4.69, 9.17) is 13.6 Å². The van der Waals surface area contributed by atoms with Crippen LogP contribution in [-0.2, 0) is 20.5 Å². The van der Waals surface area contributed by atoms with Crippen LogP contribution in [-0.4, -0.2) is 11.8 Å². The first kappa shape index (κ1) is 43.1. The van der Waals surface area contributed by atoms with Crippen LogP contribution >= 0.6 is 8.60 Å². The SMILES string of the molecule is CCCCCCCC/C=C\CCC(=O)CCCCC(=O)OP1Oc2c(cc(C)cc2C2CCCCC2)Cc2cc(C)cc(C3CCCCC3)c2O1.[H-].[Na+]. The summed E-state index contributed by atoms with van der Waals surface area (Å²) in [5.41, 5.74) is 7.33. The summed E-state index contributed by atoms with van der Waals surface area (Å²) in [4.78, 5) is 25.9. The third-order valence-electron chi connectivity index (χ3n) is 11.2. The smallest absolute Gasteiger partial charge is 1.00 e. The first-order valence-electron chi connectivity index (χ1n) is 20.7. The molecule has 0 atom stereocenters. The minimum atomic E-state index is -2.00. The topological polar surface area (TPSA) is 61.8 Å². The van der Waals surface area contributed by atoms with Gasteiger partial charge in [-0.15, -0.1) is 0 Å². The summed E-state index contributed by atoms with van der Waals surface area (Å²) >= 11 is 0. The Labute approximate surface area is 340 Å². The Morgan fingerprint density at radius 1 is 0.692 bits per heavy atom. The molecule has 52 heavy (non-hydrogen) atoms. The van der Waals surface area contributed by atoms with Crippen molar-refractivity contribution in [3.05, 3.63) is 69.8 Å². The molecule has 2 aromatic rings. The molecule has 0 amide bonds. The number of fused-ring (bicyclic) bond motifs is 2. The van der Waals surface area contributed by atoms with Crippen molar-refractivity contribution in [3.8, 4) is 11.5 Å². The number of ketones is 1. The predicted octanol–water partition coefficient (Wildman–Crippen LogP) is 10.9. The van der Waals surface area contributed by atoms with E-state index in [0.717, 1.165) is 56.4 Å². The van der Waals surface area contributed by atoms with Gasteiger partial charge in [0, 0.05) is 25.7 Å². The minimum absolute atomic E-state index is 0. The largest absolute Gasteiger partial charge is 1.00 e. The van der Waals surface area contributed by atoms with Gasteiger partial charge in [-0.3, -0.25) is 9.59 Å². The third-order valence-corrected chi connectivity index (χ3v) is 12.2. The molecular formula is C45H66NaO5P. The van der Waals surface area contributed by atoms with E-state index in [1.807, 2.05) is 0 Å². The van der Waals surface area contributed by atoms with E-state index in [1.165, 1.54) is 110 Å². The number of allylic oxidation sites excluding steroid dienone is 2. The van der Waals surface area contributed by atoms with Gasteiger partial charge < -0.3 is 15.0 Å². The standard InChI is InChI=1S/C45H65O5P.Na.H/c1-4-5-6-7-8-9-10-11-12-19-26-40(46)27-20-21-28-43(47)48-51-49-44-38(29-34(2)31-41(44)36-22-15-13-16-23-36)33-39-30-35(3)32-42(45(39)50-51)37-24-17-14-18-25-37;;/h11-12,29-32,36-37H,4-10,13-28,33H2,1-3H3;;/q;+1;-1/b12-11-;;. The second-order valence-electron chi connectivity index (χ2n) is 15.7. The van der Waals surface area contributed by atoms with Crippen LogP contribution in [0.5, 0.6) is 11.5 Å². The fourth-order valence-corrected chi connectivity index (χ4v) is 9.57. The van der Waals surface area contributed by atoms with Crippen LogP contribution in [0.1, 0.15) is 201 Å². The number of rotatable bonds is 18. The van der Waals surface area contributed by atoms with Crippen molar-refractivity contribution < 1.29 is 54.1 Å². The van der Waals surface area contributed by atoms with E-state index < -0.39 is 8.60 Å². The van der Waals surface area contributed by atoms with Gasteiger partial charge in [0.25, 0.3) is 0 Å². The molecule has 0 unspecified atom stereocenters. The Hall–Kier alpha value is -1.65. The molecule has 282 valence electrons. The van der Waals surface area contributed by atoms with Crippen molar-refractivity contribution in [1.82, 2.24) is 0 Å². The molecule has 0 bridgehead atoms. The van der Waals surface area contributed by atoms with Crippen molar-refractivity contribution in [2.75, 3.05) is 0 Å². The first-order chi connectivity index (χ1) is 24.9. The number of benzene rings is 2. The molecule has 2 saturated carbocycles. The molecule has 5 nitrogen and oxygen atoms in total. The van der Waals surface area contributed by atoms with E-state index in [-0.39, 0.29) is 49.2 Å². The van der Waals surface area contributed by atoms with Gasteiger partial charge in [0.2, 0.25) is 0 Å². The molecule has 0 radical (unpaired) electrons. The summed E-state index contributed by atoms with van der Waals surface area (Å²) in [5.74, 6) is 2.58. The van der Waals surface area contributed by atoms with Crippen LogP contribution < -0.4 is 38.6 Å². The fourth-order valence-electron chi connectivity index (χ4n) is 8.45. The zero-order valence-corrected chi connectivity index (χ0v) is 36.0. The number of hydrogen-bond donors (Lipinski definition) is 0. The van der Waals surface area contributed by atoms with Gasteiger partial charge in [-0.25, -0.2) is 0 Å². The number of hydrogen-bond acceptors (Lipinski definition) is 5. The second kappa shape index (κ2) is 23.3. The Bertz CT molecular complexity index is 1370. The molecule has 0 aromatic heterocycles. The van der Waals surface area contributed by atoms with E-state index in [1.54, 1.807) is 0 Å². The van der Waals surface area contributed by atoms with Gasteiger partial charge in [0.05, 0.1) is 0 Å². The van der Waals surface area contributed by atoms with Crippen LogP contribution in [0.2, 0.25) is 0 Å². The third kappa shape index (κ3) is 13.6. The Morgan fingerprint density at radius 2 is 1.21 bits per heavy atom. The molecule has 0 saturated heterocycles. The predicted molar refractivity (Wildman–Crippen MR) is 212 cm³/mol. The maximum absolute atomic E-state index is 13.4. The van der Waals surface area contributed by atoms with Crippen LogP contribution in [0, 0.1) is 13.8 Å². The van der Waals surface area contributed by atoms with E-state index in [9.17, 15) is 9.59 Å². The molecule has 0 spiro atoms. The van der Waals surface area contributed by atoms with Gasteiger partial charge in [-0.2, -0.15) is 0 Å². The summed E-state index contributed by atoms with van der Waals surface area (Å²) in [5, 5.41) is 0. The molecule has 2 aliphatic carbocycles. The van der Waals surface area contributed by atoms with Gasteiger partial charge in [0.1, 0.15) is 17.3 Å². The number of Topliss-reactive ketones (excluding diaryl/α,β-unsaturated/α-hetero) is 1. The quantitative estimate of drug-likeness (QED) is 0.0659. The van der Waals surface area contributed by atoms with E-state index in [0.29, 0.717) is 37.5 Å². The average molecular weight is 741 g/mol. The molecule has 1 aliphatic heterocycles. The zero-order valence-electron chi connectivity index (χ0n) is 34.1. The Morgan fingerprint density at radius 3 is 1.79 bits per heavy atom.